The summed E-state index contributed by atoms with van der Waals surface area (Å²) < 4.78 is 5.94. The molecule has 0 unspecified atom stereocenters. The number of rotatable bonds is 4. The maximum atomic E-state index is 5.96. The third-order valence-electron chi connectivity index (χ3n) is 3.30. The first-order chi connectivity index (χ1) is 9.08. The van der Waals surface area contributed by atoms with Gasteiger partial charge in [0.15, 0.2) is 0 Å². The fourth-order valence-electron chi connectivity index (χ4n) is 2.10. The third-order valence-corrected chi connectivity index (χ3v) is 3.30. The number of para-hydroxylation sites is 1. The molecule has 2 aromatic carbocycles. The summed E-state index contributed by atoms with van der Waals surface area (Å²) >= 11 is 0. The van der Waals surface area contributed by atoms with Crippen LogP contribution in [0.25, 0.3) is 0 Å². The summed E-state index contributed by atoms with van der Waals surface area (Å²) in [7, 11) is 0. The average molecular weight is 255 g/mol. The van der Waals surface area contributed by atoms with E-state index in [2.05, 4.69) is 32.0 Å². The lowest BCUT2D eigenvalue weighted by atomic mass is 10.1. The van der Waals surface area contributed by atoms with Gasteiger partial charge in [-0.3, -0.25) is 0 Å². The van der Waals surface area contributed by atoms with Crippen molar-refractivity contribution in [2.45, 2.75) is 33.4 Å². The van der Waals surface area contributed by atoms with E-state index >= 15 is 0 Å². The fourth-order valence-corrected chi connectivity index (χ4v) is 2.10. The molecule has 0 fully saturated rings. The Morgan fingerprint density at radius 1 is 1.11 bits per heavy atom. The molecule has 0 saturated heterocycles. The summed E-state index contributed by atoms with van der Waals surface area (Å²) in [5, 5.41) is 0. The van der Waals surface area contributed by atoms with Crippen LogP contribution in [0.15, 0.2) is 42.5 Å². The number of hydrogen-bond acceptors (Lipinski definition) is 2. The zero-order valence-corrected chi connectivity index (χ0v) is 11.8. The largest absolute Gasteiger partial charge is 0.489 e. The van der Waals surface area contributed by atoms with Crippen molar-refractivity contribution in [3.63, 3.8) is 0 Å². The molecule has 100 valence electrons. The monoisotopic (exact) mass is 255 g/mol. The summed E-state index contributed by atoms with van der Waals surface area (Å²) in [6, 6.07) is 14.4. The summed E-state index contributed by atoms with van der Waals surface area (Å²) in [4.78, 5) is 0. The molecule has 2 nitrogen and oxygen atoms in total. The molecular formula is C17H21NO. The van der Waals surface area contributed by atoms with E-state index in [1.807, 2.05) is 31.2 Å². The Labute approximate surface area is 115 Å². The third kappa shape index (κ3) is 3.36. The molecule has 0 aliphatic heterocycles. The Balaban J connectivity index is 2.17. The maximum Gasteiger partial charge on any atom is 0.124 e. The van der Waals surface area contributed by atoms with Gasteiger partial charge in [0.2, 0.25) is 0 Å². The Morgan fingerprint density at radius 2 is 1.84 bits per heavy atom. The van der Waals surface area contributed by atoms with E-state index in [0.29, 0.717) is 6.61 Å². The Kier molecular flexibility index (Phi) is 4.23. The lowest BCUT2D eigenvalue weighted by molar-refractivity contribution is 0.300. The van der Waals surface area contributed by atoms with Crippen LogP contribution in [0.3, 0.4) is 0 Å². The van der Waals surface area contributed by atoms with Crippen LogP contribution >= 0.6 is 0 Å². The van der Waals surface area contributed by atoms with Crippen molar-refractivity contribution in [3.05, 3.63) is 64.7 Å². The first-order valence-electron chi connectivity index (χ1n) is 6.61. The molecule has 0 spiro atoms. The molecule has 2 rings (SSSR count). The van der Waals surface area contributed by atoms with Crippen LogP contribution in [0.1, 0.15) is 35.2 Å². The number of aryl methyl sites for hydroxylation is 2. The van der Waals surface area contributed by atoms with Gasteiger partial charge in [-0.25, -0.2) is 0 Å². The second-order valence-corrected chi connectivity index (χ2v) is 5.05. The highest BCUT2D eigenvalue weighted by atomic mass is 16.5. The van der Waals surface area contributed by atoms with E-state index in [1.165, 1.54) is 16.7 Å². The second kappa shape index (κ2) is 5.89. The molecule has 0 radical (unpaired) electrons. The number of ether oxygens (including phenoxy) is 1. The van der Waals surface area contributed by atoms with Crippen LogP contribution in [-0.4, -0.2) is 0 Å². The van der Waals surface area contributed by atoms with Crippen LogP contribution < -0.4 is 10.5 Å². The molecule has 0 amide bonds. The molecule has 0 heterocycles. The quantitative estimate of drug-likeness (QED) is 0.899. The zero-order valence-electron chi connectivity index (χ0n) is 11.8. The highest BCUT2D eigenvalue weighted by Gasteiger charge is 2.08. The summed E-state index contributed by atoms with van der Waals surface area (Å²) in [5.41, 5.74) is 10.7. The van der Waals surface area contributed by atoms with Gasteiger partial charge in [0.05, 0.1) is 0 Å². The fraction of sp³-hybridized carbons (Fsp3) is 0.294. The van der Waals surface area contributed by atoms with Gasteiger partial charge >= 0.3 is 0 Å². The van der Waals surface area contributed by atoms with Crippen molar-refractivity contribution in [2.24, 2.45) is 5.73 Å². The van der Waals surface area contributed by atoms with Crippen molar-refractivity contribution in [1.29, 1.82) is 0 Å². The van der Waals surface area contributed by atoms with Crippen LogP contribution in [0, 0.1) is 13.8 Å². The molecule has 1 atom stereocenters. The first-order valence-corrected chi connectivity index (χ1v) is 6.61. The summed E-state index contributed by atoms with van der Waals surface area (Å²) in [6.07, 6.45) is 0. The second-order valence-electron chi connectivity index (χ2n) is 5.05. The van der Waals surface area contributed by atoms with Crippen molar-refractivity contribution in [1.82, 2.24) is 0 Å². The van der Waals surface area contributed by atoms with Crippen molar-refractivity contribution in [2.75, 3.05) is 0 Å². The van der Waals surface area contributed by atoms with Gasteiger partial charge in [-0.1, -0.05) is 42.0 Å². The van der Waals surface area contributed by atoms with Crippen LogP contribution in [0.5, 0.6) is 5.75 Å². The van der Waals surface area contributed by atoms with E-state index < -0.39 is 0 Å². The molecule has 0 saturated carbocycles. The van der Waals surface area contributed by atoms with Gasteiger partial charge in [-0.05, 0) is 38.0 Å². The van der Waals surface area contributed by atoms with E-state index in [1.54, 1.807) is 0 Å². The molecule has 2 N–H and O–H groups in total. The molecule has 19 heavy (non-hydrogen) atoms. The molecule has 0 aliphatic rings. The Morgan fingerprint density at radius 3 is 2.58 bits per heavy atom. The average Bonchev–Trinajstić information content (AvgIpc) is 2.40. The van der Waals surface area contributed by atoms with Gasteiger partial charge in [0.1, 0.15) is 12.4 Å². The number of hydrogen-bond donors (Lipinski definition) is 1. The minimum Gasteiger partial charge on any atom is -0.489 e. The molecule has 0 aromatic heterocycles. The predicted octanol–water partition coefficient (Wildman–Crippen LogP) is 3.90. The van der Waals surface area contributed by atoms with Gasteiger partial charge in [-0.2, -0.15) is 0 Å². The normalized spacial score (nSPS) is 12.2. The van der Waals surface area contributed by atoms with Gasteiger partial charge in [-0.15, -0.1) is 0 Å². The lowest BCUT2D eigenvalue weighted by Gasteiger charge is -2.15. The molecule has 0 aliphatic carbocycles. The van der Waals surface area contributed by atoms with Gasteiger partial charge in [0, 0.05) is 11.6 Å². The molecule has 2 heteroatoms. The van der Waals surface area contributed by atoms with Crippen molar-refractivity contribution < 1.29 is 4.74 Å². The smallest absolute Gasteiger partial charge is 0.124 e. The summed E-state index contributed by atoms with van der Waals surface area (Å²) in [5.74, 6) is 0.874. The predicted molar refractivity (Wildman–Crippen MR) is 79.3 cm³/mol. The zero-order chi connectivity index (χ0) is 13.8. The highest BCUT2D eigenvalue weighted by molar-refractivity contribution is 5.36. The van der Waals surface area contributed by atoms with E-state index in [-0.39, 0.29) is 6.04 Å². The van der Waals surface area contributed by atoms with Crippen molar-refractivity contribution >= 4 is 0 Å². The Bertz CT molecular complexity index is 561. The maximum absolute atomic E-state index is 5.96. The molecule has 0 bridgehead atoms. The minimum absolute atomic E-state index is 0.0187. The van der Waals surface area contributed by atoms with Crippen LogP contribution in [-0.2, 0) is 6.61 Å². The standard InChI is InChI=1S/C17H21NO/c1-12-8-9-13(2)15(10-12)11-19-17-7-5-4-6-16(17)14(3)18/h4-10,14H,11,18H2,1-3H3/t14-/m1/s1. The SMILES string of the molecule is Cc1ccc(C)c(COc2ccccc2[C@@H](C)N)c1. The number of nitrogens with two attached hydrogens (primary N) is 1. The Hall–Kier alpha value is -1.80. The van der Waals surface area contributed by atoms with E-state index in [9.17, 15) is 0 Å². The lowest BCUT2D eigenvalue weighted by Crippen LogP contribution is -2.08. The van der Waals surface area contributed by atoms with Crippen LogP contribution in [0.2, 0.25) is 0 Å². The van der Waals surface area contributed by atoms with E-state index in [0.717, 1.165) is 11.3 Å². The molecule has 2 aromatic rings. The van der Waals surface area contributed by atoms with E-state index in [4.69, 9.17) is 10.5 Å². The number of benzene rings is 2. The van der Waals surface area contributed by atoms with Gasteiger partial charge in [0.25, 0.3) is 0 Å². The highest BCUT2D eigenvalue weighted by Crippen LogP contribution is 2.24. The van der Waals surface area contributed by atoms with Crippen LogP contribution in [0.4, 0.5) is 0 Å². The first kappa shape index (κ1) is 13.6. The van der Waals surface area contributed by atoms with Gasteiger partial charge < -0.3 is 10.5 Å². The minimum atomic E-state index is -0.0187. The summed E-state index contributed by atoms with van der Waals surface area (Å²) in [6.45, 7) is 6.76. The van der Waals surface area contributed by atoms with Crippen molar-refractivity contribution in [3.8, 4) is 5.75 Å². The topological polar surface area (TPSA) is 35.2 Å². The molecular weight excluding hydrogens is 234 g/mol.